The van der Waals surface area contributed by atoms with E-state index in [1.165, 1.54) is 17.7 Å². The fourth-order valence-corrected chi connectivity index (χ4v) is 3.84. The molecule has 0 radical (unpaired) electrons. The summed E-state index contributed by atoms with van der Waals surface area (Å²) in [6.07, 6.45) is 1.95. The fraction of sp³-hybridized carbons (Fsp3) is 0.444. The van der Waals surface area contributed by atoms with Crippen LogP contribution in [0.25, 0.3) is 0 Å². The van der Waals surface area contributed by atoms with Gasteiger partial charge in [-0.05, 0) is 50.9 Å². The minimum atomic E-state index is -0.558. The minimum Gasteiger partial charge on any atom is -0.368 e. The molecule has 1 aliphatic heterocycles. The van der Waals surface area contributed by atoms with E-state index in [1.54, 1.807) is 12.1 Å². The van der Waals surface area contributed by atoms with Gasteiger partial charge in [0.1, 0.15) is 11.9 Å². The minimum absolute atomic E-state index is 0.0984. The number of carbonyl (C=O) groups is 1. The van der Waals surface area contributed by atoms with E-state index >= 15 is 0 Å². The topological polar surface area (TPSA) is 64.2 Å². The van der Waals surface area contributed by atoms with E-state index in [0.717, 1.165) is 36.3 Å². The van der Waals surface area contributed by atoms with Crippen LogP contribution < -0.4 is 5.73 Å². The van der Waals surface area contributed by atoms with E-state index in [4.69, 9.17) is 5.73 Å². The molecule has 5 nitrogen and oxygen atoms in total. The Kier molecular flexibility index (Phi) is 4.41. The van der Waals surface area contributed by atoms with Gasteiger partial charge < -0.3 is 5.73 Å². The summed E-state index contributed by atoms with van der Waals surface area (Å²) < 4.78 is 15.1. The highest BCUT2D eigenvalue weighted by molar-refractivity contribution is 5.81. The number of hydrogen-bond donors (Lipinski definition) is 1. The van der Waals surface area contributed by atoms with Crippen LogP contribution in [0.2, 0.25) is 0 Å². The maximum atomic E-state index is 13.2. The van der Waals surface area contributed by atoms with Crippen LogP contribution in [0.3, 0.4) is 0 Å². The Balaban J connectivity index is 2.01. The van der Waals surface area contributed by atoms with Gasteiger partial charge in [0, 0.05) is 24.3 Å². The SMILES string of the molecule is Cc1nn(C)c(C)c1[C@@H]1CCCN1[C@@H](C(N)=O)c1ccc(F)cc1. The zero-order chi connectivity index (χ0) is 17.4. The van der Waals surface area contributed by atoms with Gasteiger partial charge in [-0.25, -0.2) is 4.39 Å². The van der Waals surface area contributed by atoms with Crippen molar-refractivity contribution >= 4 is 5.91 Å². The standard InChI is InChI=1S/C18H23FN4O/c1-11-16(12(2)22(3)21-11)15-5-4-10-23(15)17(18(20)24)13-6-8-14(19)9-7-13/h6-9,15,17H,4-5,10H2,1-3H3,(H2,20,24)/t15-,17+/m0/s1. The largest absolute Gasteiger partial charge is 0.368 e. The highest BCUT2D eigenvalue weighted by atomic mass is 19.1. The van der Waals surface area contributed by atoms with Crippen LogP contribution in [0.15, 0.2) is 24.3 Å². The van der Waals surface area contributed by atoms with Crippen LogP contribution in [-0.2, 0) is 11.8 Å². The molecule has 2 heterocycles. The second-order valence-electron chi connectivity index (χ2n) is 6.46. The van der Waals surface area contributed by atoms with Crippen molar-refractivity contribution in [3.63, 3.8) is 0 Å². The Morgan fingerprint density at radius 1 is 1.33 bits per heavy atom. The summed E-state index contributed by atoms with van der Waals surface area (Å²) in [4.78, 5) is 14.3. The van der Waals surface area contributed by atoms with Crippen molar-refractivity contribution in [2.75, 3.05) is 6.54 Å². The number of hydrogen-bond acceptors (Lipinski definition) is 3. The molecule has 1 aromatic heterocycles. The number of rotatable bonds is 4. The van der Waals surface area contributed by atoms with Gasteiger partial charge in [-0.2, -0.15) is 5.10 Å². The summed E-state index contributed by atoms with van der Waals surface area (Å²) in [6, 6.07) is 5.57. The van der Waals surface area contributed by atoms with Gasteiger partial charge >= 0.3 is 0 Å². The molecular formula is C18H23FN4O. The van der Waals surface area contributed by atoms with E-state index < -0.39 is 11.9 Å². The molecule has 3 rings (SSSR count). The molecule has 0 spiro atoms. The van der Waals surface area contributed by atoms with Gasteiger partial charge in [0.05, 0.1) is 5.69 Å². The highest BCUT2D eigenvalue weighted by Gasteiger charge is 2.37. The number of aryl methyl sites for hydroxylation is 2. The first-order valence-corrected chi connectivity index (χ1v) is 8.20. The van der Waals surface area contributed by atoms with Gasteiger partial charge in [0.25, 0.3) is 0 Å². The van der Waals surface area contributed by atoms with Crippen molar-refractivity contribution in [3.05, 3.63) is 52.6 Å². The molecule has 1 amide bonds. The van der Waals surface area contributed by atoms with E-state index in [1.807, 2.05) is 25.6 Å². The number of nitrogens with two attached hydrogens (primary N) is 1. The predicted molar refractivity (Wildman–Crippen MR) is 89.7 cm³/mol. The van der Waals surface area contributed by atoms with E-state index in [2.05, 4.69) is 10.00 Å². The maximum Gasteiger partial charge on any atom is 0.239 e. The monoisotopic (exact) mass is 330 g/mol. The smallest absolute Gasteiger partial charge is 0.239 e. The molecule has 1 saturated heterocycles. The normalized spacial score (nSPS) is 19.6. The van der Waals surface area contributed by atoms with Crippen LogP contribution in [0.4, 0.5) is 4.39 Å². The van der Waals surface area contributed by atoms with Crippen molar-refractivity contribution in [2.45, 2.75) is 38.8 Å². The lowest BCUT2D eigenvalue weighted by molar-refractivity contribution is -0.123. The summed E-state index contributed by atoms with van der Waals surface area (Å²) in [5, 5.41) is 4.50. The molecule has 2 N–H and O–H groups in total. The predicted octanol–water partition coefficient (Wildman–Crippen LogP) is 2.54. The van der Waals surface area contributed by atoms with Gasteiger partial charge in [0.2, 0.25) is 5.91 Å². The molecule has 1 fully saturated rings. The summed E-state index contributed by atoms with van der Waals surface area (Å²) in [5.74, 6) is -0.730. The first kappa shape index (κ1) is 16.6. The number of halogens is 1. The van der Waals surface area contributed by atoms with Crippen molar-refractivity contribution < 1.29 is 9.18 Å². The first-order chi connectivity index (χ1) is 11.4. The van der Waals surface area contributed by atoms with Crippen molar-refractivity contribution in [2.24, 2.45) is 12.8 Å². The van der Waals surface area contributed by atoms with Crippen LogP contribution in [0.5, 0.6) is 0 Å². The molecule has 0 saturated carbocycles. The lowest BCUT2D eigenvalue weighted by Crippen LogP contribution is -2.37. The number of nitrogens with zero attached hydrogens (tertiary/aromatic N) is 3. The first-order valence-electron chi connectivity index (χ1n) is 8.20. The number of likely N-dealkylation sites (tertiary alicyclic amines) is 1. The average Bonchev–Trinajstić information content (AvgIpc) is 3.06. The van der Waals surface area contributed by atoms with Crippen molar-refractivity contribution in [1.29, 1.82) is 0 Å². The third-order valence-corrected chi connectivity index (χ3v) is 4.98. The van der Waals surface area contributed by atoms with Gasteiger partial charge in [-0.15, -0.1) is 0 Å². The molecule has 0 aliphatic carbocycles. The molecule has 6 heteroatoms. The third kappa shape index (κ3) is 2.82. The van der Waals surface area contributed by atoms with E-state index in [9.17, 15) is 9.18 Å². The number of benzene rings is 1. The Labute approximate surface area is 141 Å². The second kappa shape index (κ2) is 6.36. The zero-order valence-electron chi connectivity index (χ0n) is 14.3. The summed E-state index contributed by atoms with van der Waals surface area (Å²) in [7, 11) is 1.93. The molecule has 0 unspecified atom stereocenters. The Morgan fingerprint density at radius 3 is 2.54 bits per heavy atom. The Morgan fingerprint density at radius 2 is 2.00 bits per heavy atom. The van der Waals surface area contributed by atoms with Crippen LogP contribution in [0.1, 0.15) is 47.4 Å². The van der Waals surface area contributed by atoms with Crippen LogP contribution >= 0.6 is 0 Å². The molecular weight excluding hydrogens is 307 g/mol. The van der Waals surface area contributed by atoms with Crippen LogP contribution in [-0.4, -0.2) is 27.1 Å². The van der Waals surface area contributed by atoms with Gasteiger partial charge in [0.15, 0.2) is 0 Å². The van der Waals surface area contributed by atoms with Gasteiger partial charge in [-0.1, -0.05) is 12.1 Å². The molecule has 2 aromatic rings. The Hall–Kier alpha value is -2.21. The molecule has 1 aromatic carbocycles. The lowest BCUT2D eigenvalue weighted by atomic mass is 9.98. The summed E-state index contributed by atoms with van der Waals surface area (Å²) in [5.41, 5.74) is 9.70. The van der Waals surface area contributed by atoms with E-state index in [0.29, 0.717) is 0 Å². The lowest BCUT2D eigenvalue weighted by Gasteiger charge is -2.31. The average molecular weight is 330 g/mol. The maximum absolute atomic E-state index is 13.2. The number of primary amides is 1. The molecule has 24 heavy (non-hydrogen) atoms. The summed E-state index contributed by atoms with van der Waals surface area (Å²) >= 11 is 0. The second-order valence-corrected chi connectivity index (χ2v) is 6.46. The van der Waals surface area contributed by atoms with Crippen molar-refractivity contribution in [3.8, 4) is 0 Å². The molecule has 1 aliphatic rings. The van der Waals surface area contributed by atoms with Crippen LogP contribution in [0, 0.1) is 19.7 Å². The quantitative estimate of drug-likeness (QED) is 0.937. The number of aromatic nitrogens is 2. The molecule has 2 atom stereocenters. The highest BCUT2D eigenvalue weighted by Crippen LogP contribution is 2.40. The number of amides is 1. The molecule has 0 bridgehead atoms. The zero-order valence-corrected chi connectivity index (χ0v) is 14.3. The van der Waals surface area contributed by atoms with E-state index in [-0.39, 0.29) is 11.9 Å². The number of carbonyl (C=O) groups excluding carboxylic acids is 1. The third-order valence-electron chi connectivity index (χ3n) is 4.98. The Bertz CT molecular complexity index is 753. The van der Waals surface area contributed by atoms with Crippen molar-refractivity contribution in [1.82, 2.24) is 14.7 Å². The summed E-state index contributed by atoms with van der Waals surface area (Å²) in [6.45, 7) is 4.82. The fourth-order valence-electron chi connectivity index (χ4n) is 3.84. The van der Waals surface area contributed by atoms with Gasteiger partial charge in [-0.3, -0.25) is 14.4 Å². The molecule has 128 valence electrons.